The standard InChI is InChI=1S/C20H40O3/c1-3-5-6-13-16-19(22)20(23-4-2)17-14-11-9-7-8-10-12-15-18-21/h18-20,22H,3-17H2,1-2H3. The van der Waals surface area contributed by atoms with E-state index in [1.165, 1.54) is 51.4 Å². The molecule has 0 heterocycles. The smallest absolute Gasteiger partial charge is 0.119 e. The zero-order chi connectivity index (χ0) is 17.2. The van der Waals surface area contributed by atoms with E-state index in [0.29, 0.717) is 13.0 Å². The van der Waals surface area contributed by atoms with Gasteiger partial charge in [0.05, 0.1) is 12.2 Å². The Morgan fingerprint density at radius 1 is 0.826 bits per heavy atom. The van der Waals surface area contributed by atoms with E-state index in [-0.39, 0.29) is 12.2 Å². The van der Waals surface area contributed by atoms with E-state index in [4.69, 9.17) is 4.74 Å². The van der Waals surface area contributed by atoms with E-state index >= 15 is 0 Å². The second-order valence-electron chi connectivity index (χ2n) is 6.63. The third-order valence-electron chi connectivity index (χ3n) is 4.47. The van der Waals surface area contributed by atoms with Crippen molar-refractivity contribution in [3.05, 3.63) is 0 Å². The normalized spacial score (nSPS) is 13.9. The number of aldehydes is 1. The molecule has 0 aromatic rings. The molecule has 2 atom stereocenters. The van der Waals surface area contributed by atoms with Gasteiger partial charge < -0.3 is 14.6 Å². The molecule has 0 aliphatic rings. The number of aliphatic hydroxyl groups is 1. The minimum atomic E-state index is -0.296. The summed E-state index contributed by atoms with van der Waals surface area (Å²) in [5, 5.41) is 10.3. The molecule has 0 bridgehead atoms. The highest BCUT2D eigenvalue weighted by Gasteiger charge is 2.18. The van der Waals surface area contributed by atoms with Crippen LogP contribution in [0.2, 0.25) is 0 Å². The van der Waals surface area contributed by atoms with Gasteiger partial charge in [0, 0.05) is 13.0 Å². The van der Waals surface area contributed by atoms with Gasteiger partial charge in [0.1, 0.15) is 6.29 Å². The minimum absolute atomic E-state index is 0.0224. The zero-order valence-corrected chi connectivity index (χ0v) is 15.6. The lowest BCUT2D eigenvalue weighted by molar-refractivity contribution is -0.107. The van der Waals surface area contributed by atoms with Crippen LogP contribution < -0.4 is 0 Å². The molecule has 0 aliphatic heterocycles. The van der Waals surface area contributed by atoms with Crippen molar-refractivity contribution in [1.29, 1.82) is 0 Å². The molecular formula is C20H40O3. The van der Waals surface area contributed by atoms with Gasteiger partial charge in [0.2, 0.25) is 0 Å². The van der Waals surface area contributed by atoms with Crippen molar-refractivity contribution in [2.45, 2.75) is 116 Å². The fourth-order valence-electron chi connectivity index (χ4n) is 3.02. The largest absolute Gasteiger partial charge is 0.390 e. The molecule has 0 spiro atoms. The van der Waals surface area contributed by atoms with Crippen LogP contribution in [-0.4, -0.2) is 30.2 Å². The van der Waals surface area contributed by atoms with Crippen LogP contribution in [0, 0.1) is 0 Å². The molecule has 3 heteroatoms. The number of ether oxygens (including phenoxy) is 1. The Morgan fingerprint density at radius 3 is 2.00 bits per heavy atom. The van der Waals surface area contributed by atoms with Crippen LogP contribution in [0.1, 0.15) is 104 Å². The van der Waals surface area contributed by atoms with Crippen molar-refractivity contribution >= 4 is 6.29 Å². The Kier molecular flexibility index (Phi) is 17.6. The van der Waals surface area contributed by atoms with Gasteiger partial charge in [-0.05, 0) is 26.2 Å². The molecule has 0 aliphatic carbocycles. The Bertz CT molecular complexity index is 243. The highest BCUT2D eigenvalue weighted by atomic mass is 16.5. The lowest BCUT2D eigenvalue weighted by Gasteiger charge is -2.23. The van der Waals surface area contributed by atoms with E-state index in [9.17, 15) is 9.90 Å². The summed E-state index contributed by atoms with van der Waals surface area (Å²) in [5.41, 5.74) is 0. The summed E-state index contributed by atoms with van der Waals surface area (Å²) in [7, 11) is 0. The van der Waals surface area contributed by atoms with E-state index in [1.807, 2.05) is 6.92 Å². The second kappa shape index (κ2) is 17.9. The van der Waals surface area contributed by atoms with Gasteiger partial charge in [-0.2, -0.15) is 0 Å². The van der Waals surface area contributed by atoms with Gasteiger partial charge in [0.15, 0.2) is 0 Å². The van der Waals surface area contributed by atoms with Gasteiger partial charge in [-0.3, -0.25) is 0 Å². The second-order valence-corrected chi connectivity index (χ2v) is 6.63. The molecule has 0 radical (unpaired) electrons. The van der Waals surface area contributed by atoms with Crippen molar-refractivity contribution in [2.24, 2.45) is 0 Å². The van der Waals surface area contributed by atoms with Crippen LogP contribution in [0.4, 0.5) is 0 Å². The zero-order valence-electron chi connectivity index (χ0n) is 15.6. The van der Waals surface area contributed by atoms with Crippen LogP contribution in [-0.2, 0) is 9.53 Å². The summed E-state index contributed by atoms with van der Waals surface area (Å²) in [6.45, 7) is 4.91. The first-order valence-corrected chi connectivity index (χ1v) is 9.99. The maximum atomic E-state index is 10.3. The molecule has 1 N–H and O–H groups in total. The summed E-state index contributed by atoms with van der Waals surface area (Å²) in [4.78, 5) is 10.2. The molecular weight excluding hydrogens is 288 g/mol. The van der Waals surface area contributed by atoms with Gasteiger partial charge in [0.25, 0.3) is 0 Å². The number of aliphatic hydroxyl groups excluding tert-OH is 1. The molecule has 0 saturated carbocycles. The van der Waals surface area contributed by atoms with Gasteiger partial charge >= 0.3 is 0 Å². The SMILES string of the molecule is CCCCCCC(O)C(CCCCCCCCCC=O)OCC. The number of rotatable bonds is 18. The fraction of sp³-hybridized carbons (Fsp3) is 0.950. The molecule has 0 saturated heterocycles. The first kappa shape index (κ1) is 22.6. The highest BCUT2D eigenvalue weighted by Crippen LogP contribution is 2.17. The number of carbonyl (C=O) groups excluding carboxylic acids is 1. The van der Waals surface area contributed by atoms with Crippen LogP contribution >= 0.6 is 0 Å². The maximum absolute atomic E-state index is 10.3. The predicted octanol–water partition coefficient (Wildman–Crippen LogP) is 5.43. The van der Waals surface area contributed by atoms with Crippen molar-refractivity contribution in [3.8, 4) is 0 Å². The number of unbranched alkanes of at least 4 members (excludes halogenated alkanes) is 10. The Balaban J connectivity index is 3.64. The van der Waals surface area contributed by atoms with E-state index in [1.54, 1.807) is 0 Å². The third-order valence-corrected chi connectivity index (χ3v) is 4.47. The average molecular weight is 329 g/mol. The lowest BCUT2D eigenvalue weighted by atomic mass is 9.99. The van der Waals surface area contributed by atoms with E-state index < -0.39 is 0 Å². The fourth-order valence-corrected chi connectivity index (χ4v) is 3.02. The first-order valence-electron chi connectivity index (χ1n) is 9.99. The summed E-state index contributed by atoms with van der Waals surface area (Å²) < 4.78 is 5.75. The van der Waals surface area contributed by atoms with Gasteiger partial charge in [-0.1, -0.05) is 71.1 Å². The van der Waals surface area contributed by atoms with Gasteiger partial charge in [-0.15, -0.1) is 0 Å². The number of hydrogen-bond donors (Lipinski definition) is 1. The maximum Gasteiger partial charge on any atom is 0.119 e. The summed E-state index contributed by atoms with van der Waals surface area (Å²) in [6, 6.07) is 0. The van der Waals surface area contributed by atoms with Crippen LogP contribution in [0.3, 0.4) is 0 Å². The van der Waals surface area contributed by atoms with E-state index in [2.05, 4.69) is 6.92 Å². The van der Waals surface area contributed by atoms with Crippen molar-refractivity contribution in [1.82, 2.24) is 0 Å². The van der Waals surface area contributed by atoms with E-state index in [0.717, 1.165) is 38.4 Å². The van der Waals surface area contributed by atoms with Crippen LogP contribution in [0.25, 0.3) is 0 Å². The molecule has 3 nitrogen and oxygen atoms in total. The lowest BCUT2D eigenvalue weighted by Crippen LogP contribution is -2.29. The van der Waals surface area contributed by atoms with Crippen molar-refractivity contribution in [2.75, 3.05) is 6.61 Å². The number of hydrogen-bond acceptors (Lipinski definition) is 3. The van der Waals surface area contributed by atoms with Crippen molar-refractivity contribution < 1.29 is 14.6 Å². The average Bonchev–Trinajstić information content (AvgIpc) is 2.56. The summed E-state index contributed by atoms with van der Waals surface area (Å²) in [5.74, 6) is 0. The molecule has 0 aromatic carbocycles. The molecule has 0 aromatic heterocycles. The third kappa shape index (κ3) is 14.9. The Labute approximate surface area is 144 Å². The predicted molar refractivity (Wildman–Crippen MR) is 97.8 cm³/mol. The topological polar surface area (TPSA) is 46.5 Å². The summed E-state index contributed by atoms with van der Waals surface area (Å²) in [6.07, 6.45) is 16.5. The van der Waals surface area contributed by atoms with Crippen LogP contribution in [0.5, 0.6) is 0 Å². The Morgan fingerprint density at radius 2 is 1.39 bits per heavy atom. The molecule has 0 rings (SSSR count). The molecule has 0 fully saturated rings. The van der Waals surface area contributed by atoms with Crippen molar-refractivity contribution in [3.63, 3.8) is 0 Å². The Hall–Kier alpha value is -0.410. The van der Waals surface area contributed by atoms with Gasteiger partial charge in [-0.25, -0.2) is 0 Å². The molecule has 23 heavy (non-hydrogen) atoms. The number of carbonyl (C=O) groups is 1. The first-order chi connectivity index (χ1) is 11.3. The van der Waals surface area contributed by atoms with Crippen LogP contribution in [0.15, 0.2) is 0 Å². The quantitative estimate of drug-likeness (QED) is 0.269. The monoisotopic (exact) mass is 328 g/mol. The minimum Gasteiger partial charge on any atom is -0.390 e. The molecule has 138 valence electrons. The summed E-state index contributed by atoms with van der Waals surface area (Å²) >= 11 is 0. The molecule has 2 unspecified atom stereocenters. The molecule has 0 amide bonds. The highest BCUT2D eigenvalue weighted by molar-refractivity contribution is 5.48.